The van der Waals surface area contributed by atoms with Crippen LogP contribution in [0.3, 0.4) is 0 Å². The molecular weight excluding hydrogens is 282 g/mol. The zero-order valence-corrected chi connectivity index (χ0v) is 12.5. The lowest BCUT2D eigenvalue weighted by atomic mass is 9.95. The van der Waals surface area contributed by atoms with Crippen LogP contribution < -0.4 is 0 Å². The van der Waals surface area contributed by atoms with Crippen LogP contribution in [0.4, 0.5) is 0 Å². The molecule has 0 amide bonds. The lowest BCUT2D eigenvalue weighted by molar-refractivity contribution is -0.145. The SMILES string of the molecule is CCOC(=O)C1C(C(Cl)=C(Cl)Cl)C1(CC)CC. The normalized spacial score (nSPS) is 25.3. The van der Waals surface area contributed by atoms with E-state index in [0.29, 0.717) is 11.6 Å². The molecule has 0 aromatic heterocycles. The van der Waals surface area contributed by atoms with Gasteiger partial charge in [0.15, 0.2) is 0 Å². The number of carbonyl (C=O) groups is 1. The summed E-state index contributed by atoms with van der Waals surface area (Å²) in [4.78, 5) is 11.9. The number of esters is 1. The van der Waals surface area contributed by atoms with Crippen molar-refractivity contribution in [3.05, 3.63) is 9.52 Å². The molecule has 0 aromatic rings. The van der Waals surface area contributed by atoms with E-state index in [1.54, 1.807) is 6.92 Å². The first-order valence-electron chi connectivity index (χ1n) is 5.83. The van der Waals surface area contributed by atoms with Crippen molar-refractivity contribution in [3.63, 3.8) is 0 Å². The molecule has 17 heavy (non-hydrogen) atoms. The molecule has 1 aliphatic carbocycles. The van der Waals surface area contributed by atoms with Crippen LogP contribution in [0.1, 0.15) is 33.6 Å². The Bertz CT molecular complexity index is 331. The van der Waals surface area contributed by atoms with Crippen LogP contribution in [0, 0.1) is 17.3 Å². The second-order valence-electron chi connectivity index (χ2n) is 4.26. The highest BCUT2D eigenvalue weighted by molar-refractivity contribution is 6.59. The van der Waals surface area contributed by atoms with Crippen molar-refractivity contribution in [3.8, 4) is 0 Å². The molecule has 0 bridgehead atoms. The highest BCUT2D eigenvalue weighted by Gasteiger charge is 2.67. The van der Waals surface area contributed by atoms with Gasteiger partial charge >= 0.3 is 5.97 Å². The minimum absolute atomic E-state index is 0.0507. The van der Waals surface area contributed by atoms with Crippen molar-refractivity contribution in [2.45, 2.75) is 33.6 Å². The van der Waals surface area contributed by atoms with Gasteiger partial charge in [0.05, 0.1) is 17.6 Å². The van der Waals surface area contributed by atoms with Crippen LogP contribution in [-0.2, 0) is 9.53 Å². The number of hydrogen-bond acceptors (Lipinski definition) is 2. The maximum absolute atomic E-state index is 11.9. The van der Waals surface area contributed by atoms with E-state index in [1.165, 1.54) is 0 Å². The van der Waals surface area contributed by atoms with Crippen molar-refractivity contribution < 1.29 is 9.53 Å². The zero-order valence-electron chi connectivity index (χ0n) is 10.2. The van der Waals surface area contributed by atoms with E-state index in [4.69, 9.17) is 39.5 Å². The quantitative estimate of drug-likeness (QED) is 0.699. The molecule has 1 fully saturated rings. The van der Waals surface area contributed by atoms with Crippen LogP contribution in [-0.4, -0.2) is 12.6 Å². The lowest BCUT2D eigenvalue weighted by Gasteiger charge is -2.12. The second kappa shape index (κ2) is 5.81. The molecule has 98 valence electrons. The summed E-state index contributed by atoms with van der Waals surface area (Å²) in [7, 11) is 0. The highest BCUT2D eigenvalue weighted by atomic mass is 35.5. The Labute approximate surface area is 117 Å². The Morgan fingerprint density at radius 1 is 1.12 bits per heavy atom. The summed E-state index contributed by atoms with van der Waals surface area (Å²) >= 11 is 17.5. The Kier molecular flexibility index (Phi) is 5.18. The van der Waals surface area contributed by atoms with Crippen LogP contribution in [0.5, 0.6) is 0 Å². The summed E-state index contributed by atoms with van der Waals surface area (Å²) in [6.07, 6.45) is 1.71. The number of ether oxygens (including phenoxy) is 1. The van der Waals surface area contributed by atoms with Crippen molar-refractivity contribution in [1.82, 2.24) is 0 Å². The number of allylic oxidation sites excluding steroid dienone is 1. The number of carbonyl (C=O) groups excluding carboxylic acids is 1. The standard InChI is InChI=1S/C12H17Cl3O2/c1-4-12(5-2)7(9(13)10(14)15)8(12)11(16)17-6-3/h7-8H,4-6H2,1-3H3. The third-order valence-corrected chi connectivity index (χ3v) is 4.80. The van der Waals surface area contributed by atoms with Gasteiger partial charge in [0, 0.05) is 5.92 Å². The van der Waals surface area contributed by atoms with Gasteiger partial charge in [-0.25, -0.2) is 0 Å². The Morgan fingerprint density at radius 2 is 1.65 bits per heavy atom. The van der Waals surface area contributed by atoms with Gasteiger partial charge in [0.1, 0.15) is 4.49 Å². The summed E-state index contributed by atoms with van der Waals surface area (Å²) in [6.45, 7) is 6.26. The molecular formula is C12H17Cl3O2. The Balaban J connectivity index is 2.97. The molecule has 5 heteroatoms. The van der Waals surface area contributed by atoms with E-state index >= 15 is 0 Å². The smallest absolute Gasteiger partial charge is 0.310 e. The van der Waals surface area contributed by atoms with Crippen LogP contribution in [0.15, 0.2) is 9.52 Å². The topological polar surface area (TPSA) is 26.3 Å². The maximum Gasteiger partial charge on any atom is 0.310 e. The first kappa shape index (κ1) is 15.1. The van der Waals surface area contributed by atoms with Gasteiger partial charge in [-0.3, -0.25) is 4.79 Å². The third kappa shape index (κ3) is 2.59. The molecule has 2 unspecified atom stereocenters. The molecule has 0 aromatic carbocycles. The molecule has 1 rings (SSSR count). The minimum atomic E-state index is -0.211. The maximum atomic E-state index is 11.9. The molecule has 0 aliphatic heterocycles. The van der Waals surface area contributed by atoms with Gasteiger partial charge in [0.2, 0.25) is 0 Å². The largest absolute Gasteiger partial charge is 0.466 e. The first-order chi connectivity index (χ1) is 7.96. The molecule has 0 heterocycles. The zero-order chi connectivity index (χ0) is 13.2. The third-order valence-electron chi connectivity index (χ3n) is 3.77. The second-order valence-corrected chi connectivity index (χ2v) is 5.61. The molecule has 0 radical (unpaired) electrons. The van der Waals surface area contributed by atoms with Gasteiger partial charge in [-0.2, -0.15) is 0 Å². The van der Waals surface area contributed by atoms with E-state index in [-0.39, 0.29) is 27.7 Å². The van der Waals surface area contributed by atoms with E-state index in [9.17, 15) is 4.79 Å². The molecule has 2 atom stereocenters. The first-order valence-corrected chi connectivity index (χ1v) is 6.96. The Morgan fingerprint density at radius 3 is 2.00 bits per heavy atom. The molecule has 0 spiro atoms. The van der Waals surface area contributed by atoms with Crippen LogP contribution in [0.25, 0.3) is 0 Å². The summed E-state index contributed by atoms with van der Waals surface area (Å²) < 4.78 is 5.13. The number of halogens is 3. The van der Waals surface area contributed by atoms with E-state index < -0.39 is 0 Å². The average molecular weight is 300 g/mol. The molecule has 0 N–H and O–H groups in total. The van der Waals surface area contributed by atoms with Crippen molar-refractivity contribution in [1.29, 1.82) is 0 Å². The molecule has 0 saturated heterocycles. The van der Waals surface area contributed by atoms with Crippen LogP contribution >= 0.6 is 34.8 Å². The summed E-state index contributed by atoms with van der Waals surface area (Å²) in [5.41, 5.74) is -0.141. The predicted octanol–water partition coefficient (Wildman–Crippen LogP) is 4.49. The van der Waals surface area contributed by atoms with Crippen molar-refractivity contribution in [2.75, 3.05) is 6.61 Å². The summed E-state index contributed by atoms with van der Waals surface area (Å²) in [6, 6.07) is 0. The monoisotopic (exact) mass is 298 g/mol. The van der Waals surface area contributed by atoms with Crippen molar-refractivity contribution >= 4 is 40.8 Å². The fraction of sp³-hybridized carbons (Fsp3) is 0.750. The minimum Gasteiger partial charge on any atom is -0.466 e. The summed E-state index contributed by atoms with van der Waals surface area (Å²) in [5.74, 6) is -0.505. The van der Waals surface area contributed by atoms with E-state index in [1.807, 2.05) is 13.8 Å². The van der Waals surface area contributed by atoms with Gasteiger partial charge in [-0.1, -0.05) is 48.7 Å². The summed E-state index contributed by atoms with van der Waals surface area (Å²) in [5, 5.41) is 0.384. The van der Waals surface area contributed by atoms with Gasteiger partial charge in [-0.05, 0) is 25.2 Å². The molecule has 1 saturated carbocycles. The van der Waals surface area contributed by atoms with E-state index in [2.05, 4.69) is 0 Å². The van der Waals surface area contributed by atoms with Crippen molar-refractivity contribution in [2.24, 2.45) is 17.3 Å². The molecule has 1 aliphatic rings. The highest BCUT2D eigenvalue weighted by Crippen LogP contribution is 2.68. The predicted molar refractivity (Wildman–Crippen MR) is 71.2 cm³/mol. The van der Waals surface area contributed by atoms with Gasteiger partial charge < -0.3 is 4.74 Å². The fourth-order valence-corrected chi connectivity index (χ4v) is 3.32. The van der Waals surface area contributed by atoms with E-state index in [0.717, 1.165) is 12.8 Å². The number of rotatable bonds is 5. The average Bonchev–Trinajstić information content (AvgIpc) is 2.97. The lowest BCUT2D eigenvalue weighted by Crippen LogP contribution is -2.12. The Hall–Kier alpha value is 0.0800. The van der Waals surface area contributed by atoms with Gasteiger partial charge in [-0.15, -0.1) is 0 Å². The van der Waals surface area contributed by atoms with Crippen LogP contribution in [0.2, 0.25) is 0 Å². The fourth-order valence-electron chi connectivity index (χ4n) is 2.74. The van der Waals surface area contributed by atoms with Gasteiger partial charge in [0.25, 0.3) is 0 Å². The number of hydrogen-bond donors (Lipinski definition) is 0. The molecule has 2 nitrogen and oxygen atoms in total.